The van der Waals surface area contributed by atoms with E-state index in [1.807, 2.05) is 61.0 Å². The van der Waals surface area contributed by atoms with E-state index >= 15 is 0 Å². The number of anilines is 1. The van der Waals surface area contributed by atoms with Crippen LogP contribution in [0.5, 0.6) is 0 Å². The Balaban J connectivity index is 1.87. The minimum Gasteiger partial charge on any atom is -0.305 e. The van der Waals surface area contributed by atoms with E-state index in [0.29, 0.717) is 11.4 Å². The molecule has 0 unspecified atom stereocenters. The molecule has 0 atom stereocenters. The summed E-state index contributed by atoms with van der Waals surface area (Å²) in [6.45, 7) is 4.00. The smallest absolute Gasteiger partial charge is 0.258 e. The molecule has 1 N–H and O–H groups in total. The highest BCUT2D eigenvalue weighted by Crippen LogP contribution is 2.19. The quantitative estimate of drug-likeness (QED) is 0.738. The molecule has 5 heteroatoms. The van der Waals surface area contributed by atoms with Crippen LogP contribution in [0.25, 0.3) is 5.69 Å². The van der Waals surface area contributed by atoms with E-state index in [9.17, 15) is 4.79 Å². The van der Waals surface area contributed by atoms with E-state index in [0.717, 1.165) is 21.4 Å². The number of carbonyl (C=O) groups excluding carboxylic acids is 1. The fourth-order valence-electron chi connectivity index (χ4n) is 2.39. The lowest BCUT2D eigenvalue weighted by Crippen LogP contribution is -2.13. The molecule has 116 valence electrons. The Morgan fingerprint density at radius 2 is 1.87 bits per heavy atom. The first-order valence-corrected chi connectivity index (χ1v) is 8.03. The molecule has 0 aliphatic carbocycles. The van der Waals surface area contributed by atoms with E-state index in [4.69, 9.17) is 0 Å². The number of aryl methyl sites for hydroxylation is 2. The molecule has 2 aromatic carbocycles. The van der Waals surface area contributed by atoms with E-state index in [-0.39, 0.29) is 5.91 Å². The van der Waals surface area contributed by atoms with Gasteiger partial charge in [-0.05, 0) is 59.6 Å². The second-order valence-corrected chi connectivity index (χ2v) is 6.21. The van der Waals surface area contributed by atoms with Crippen LogP contribution in [0, 0.1) is 13.8 Å². The van der Waals surface area contributed by atoms with Crippen molar-refractivity contribution in [1.29, 1.82) is 0 Å². The van der Waals surface area contributed by atoms with Gasteiger partial charge in [-0.2, -0.15) is 0 Å². The van der Waals surface area contributed by atoms with Crippen LogP contribution < -0.4 is 5.32 Å². The van der Waals surface area contributed by atoms with Crippen molar-refractivity contribution in [3.63, 3.8) is 0 Å². The Hall–Kier alpha value is -2.40. The third-order valence-corrected chi connectivity index (χ3v) is 4.19. The van der Waals surface area contributed by atoms with Crippen LogP contribution >= 0.6 is 15.9 Å². The predicted octanol–water partition coefficient (Wildman–Crippen LogP) is 4.50. The summed E-state index contributed by atoms with van der Waals surface area (Å²) >= 11 is 3.39. The number of aromatic nitrogens is 2. The van der Waals surface area contributed by atoms with Crippen molar-refractivity contribution >= 4 is 27.7 Å². The molecule has 0 spiro atoms. The zero-order valence-electron chi connectivity index (χ0n) is 12.9. The van der Waals surface area contributed by atoms with Gasteiger partial charge < -0.3 is 5.32 Å². The molecule has 0 radical (unpaired) electrons. The highest BCUT2D eigenvalue weighted by atomic mass is 79.9. The number of nitrogens with zero attached hydrogens (tertiary/aromatic N) is 2. The van der Waals surface area contributed by atoms with Crippen LogP contribution in [0.4, 0.5) is 5.82 Å². The fourth-order valence-corrected chi connectivity index (χ4v) is 2.85. The summed E-state index contributed by atoms with van der Waals surface area (Å²) in [5.74, 6) is 0.344. The lowest BCUT2D eigenvalue weighted by atomic mass is 10.2. The zero-order chi connectivity index (χ0) is 16.4. The summed E-state index contributed by atoms with van der Waals surface area (Å²) in [5.41, 5.74) is 3.67. The van der Waals surface area contributed by atoms with Gasteiger partial charge >= 0.3 is 0 Å². The van der Waals surface area contributed by atoms with E-state index in [2.05, 4.69) is 32.4 Å². The summed E-state index contributed by atoms with van der Waals surface area (Å²) in [6.07, 6.45) is 0. The molecule has 23 heavy (non-hydrogen) atoms. The van der Waals surface area contributed by atoms with Crippen molar-refractivity contribution in [3.8, 4) is 5.69 Å². The molecule has 0 bridgehead atoms. The van der Waals surface area contributed by atoms with Gasteiger partial charge in [-0.1, -0.05) is 24.3 Å². The first-order chi connectivity index (χ1) is 11.0. The first kappa shape index (κ1) is 15.5. The summed E-state index contributed by atoms with van der Waals surface area (Å²) in [6, 6.07) is 17.2. The number of rotatable bonds is 3. The van der Waals surface area contributed by atoms with Gasteiger partial charge in [-0.3, -0.25) is 4.79 Å². The van der Waals surface area contributed by atoms with Crippen LogP contribution in [0.3, 0.4) is 0 Å². The van der Waals surface area contributed by atoms with Gasteiger partial charge in [-0.25, -0.2) is 4.68 Å². The largest absolute Gasteiger partial charge is 0.305 e. The molecule has 1 aromatic heterocycles. The zero-order valence-corrected chi connectivity index (χ0v) is 14.5. The van der Waals surface area contributed by atoms with Crippen LogP contribution in [-0.2, 0) is 0 Å². The highest BCUT2D eigenvalue weighted by Gasteiger charge is 2.13. The Kier molecular flexibility index (Phi) is 4.30. The average Bonchev–Trinajstić information content (AvgIpc) is 2.88. The van der Waals surface area contributed by atoms with Gasteiger partial charge in [-0.15, -0.1) is 5.10 Å². The summed E-state index contributed by atoms with van der Waals surface area (Å²) < 4.78 is 2.58. The fraction of sp³-hybridized carbons (Fsp3) is 0.111. The van der Waals surface area contributed by atoms with Gasteiger partial charge in [0.2, 0.25) is 0 Å². The molecule has 0 saturated carbocycles. The Morgan fingerprint density at radius 3 is 2.61 bits per heavy atom. The van der Waals surface area contributed by atoms with Gasteiger partial charge in [0.15, 0.2) is 5.82 Å². The molecule has 1 heterocycles. The number of halogens is 1. The maximum atomic E-state index is 12.4. The summed E-state index contributed by atoms with van der Waals surface area (Å²) in [4.78, 5) is 12.4. The maximum Gasteiger partial charge on any atom is 0.258 e. The lowest BCUT2D eigenvalue weighted by Gasteiger charge is -2.05. The standard InChI is InChI=1S/C18H16BrN3O/c1-12-6-5-7-14(10-12)22-13(2)11-17(21-22)20-18(23)15-8-3-4-9-16(15)19/h3-11H,1-2H3,(H,20,21,23). The number of nitrogens with one attached hydrogen (secondary N) is 1. The summed E-state index contributed by atoms with van der Waals surface area (Å²) in [7, 11) is 0. The molecule has 0 saturated heterocycles. The van der Waals surface area contributed by atoms with Crippen LogP contribution in [0.2, 0.25) is 0 Å². The number of benzene rings is 2. The van der Waals surface area contributed by atoms with Gasteiger partial charge in [0.25, 0.3) is 5.91 Å². The third kappa shape index (κ3) is 3.35. The topological polar surface area (TPSA) is 46.9 Å². The van der Waals surface area contributed by atoms with Crippen LogP contribution in [0.1, 0.15) is 21.6 Å². The minimum atomic E-state index is -0.189. The first-order valence-electron chi connectivity index (χ1n) is 7.24. The third-order valence-electron chi connectivity index (χ3n) is 3.49. The molecular weight excluding hydrogens is 354 g/mol. The van der Waals surface area contributed by atoms with Crippen molar-refractivity contribution in [2.75, 3.05) is 5.32 Å². The van der Waals surface area contributed by atoms with Crippen molar-refractivity contribution in [2.45, 2.75) is 13.8 Å². The lowest BCUT2D eigenvalue weighted by molar-refractivity contribution is 0.102. The van der Waals surface area contributed by atoms with Crippen molar-refractivity contribution < 1.29 is 4.79 Å². The van der Waals surface area contributed by atoms with Crippen molar-refractivity contribution in [2.24, 2.45) is 0 Å². The number of amides is 1. The SMILES string of the molecule is Cc1cccc(-n2nc(NC(=O)c3ccccc3Br)cc2C)c1. The molecule has 4 nitrogen and oxygen atoms in total. The van der Waals surface area contributed by atoms with Crippen LogP contribution in [0.15, 0.2) is 59.1 Å². The number of hydrogen-bond donors (Lipinski definition) is 1. The van der Waals surface area contributed by atoms with Crippen molar-refractivity contribution in [1.82, 2.24) is 9.78 Å². The molecule has 1 amide bonds. The molecule has 3 rings (SSSR count). The van der Waals surface area contributed by atoms with Gasteiger partial charge in [0.05, 0.1) is 11.3 Å². The number of hydrogen-bond acceptors (Lipinski definition) is 2. The average molecular weight is 370 g/mol. The van der Waals surface area contributed by atoms with E-state index in [1.165, 1.54) is 0 Å². The minimum absolute atomic E-state index is 0.189. The van der Waals surface area contributed by atoms with E-state index < -0.39 is 0 Å². The Bertz CT molecular complexity index is 870. The Morgan fingerprint density at radius 1 is 1.09 bits per heavy atom. The molecule has 0 fully saturated rings. The number of carbonyl (C=O) groups is 1. The Labute approximate surface area is 143 Å². The maximum absolute atomic E-state index is 12.4. The van der Waals surface area contributed by atoms with Crippen molar-refractivity contribution in [3.05, 3.63) is 75.9 Å². The van der Waals surface area contributed by atoms with Gasteiger partial charge in [0.1, 0.15) is 0 Å². The highest BCUT2D eigenvalue weighted by molar-refractivity contribution is 9.10. The molecule has 0 aliphatic heterocycles. The monoisotopic (exact) mass is 369 g/mol. The van der Waals surface area contributed by atoms with Gasteiger partial charge in [0, 0.05) is 16.2 Å². The summed E-state index contributed by atoms with van der Waals surface area (Å²) in [5, 5.41) is 7.33. The molecular formula is C18H16BrN3O. The normalized spacial score (nSPS) is 10.6. The predicted molar refractivity (Wildman–Crippen MR) is 95.1 cm³/mol. The molecule has 3 aromatic rings. The second-order valence-electron chi connectivity index (χ2n) is 5.36. The molecule has 0 aliphatic rings. The van der Waals surface area contributed by atoms with E-state index in [1.54, 1.807) is 6.07 Å². The second kappa shape index (κ2) is 6.38. The van der Waals surface area contributed by atoms with Crippen LogP contribution in [-0.4, -0.2) is 15.7 Å².